The van der Waals surface area contributed by atoms with Gasteiger partial charge in [0.15, 0.2) is 0 Å². The van der Waals surface area contributed by atoms with E-state index in [0.717, 1.165) is 17.6 Å². The summed E-state index contributed by atoms with van der Waals surface area (Å²) in [4.78, 5) is 22.1. The first-order chi connectivity index (χ1) is 12.2. The lowest BCUT2D eigenvalue weighted by atomic mass is 10.0. The lowest BCUT2D eigenvalue weighted by Gasteiger charge is -2.34. The zero-order chi connectivity index (χ0) is 17.2. The van der Waals surface area contributed by atoms with Gasteiger partial charge < -0.3 is 20.3 Å². The standard InChI is InChI=1S/C19H20N4O2/c24-12-18-21-15-7-6-14(10-16(15)22-18)19(25)23-9-8-20-17(11-23)13-4-2-1-3-5-13/h1-7,10,17,20,24H,8-9,11-12H2,(H,21,22). The van der Waals surface area contributed by atoms with Gasteiger partial charge >= 0.3 is 0 Å². The molecule has 25 heavy (non-hydrogen) atoms. The second-order valence-corrected chi connectivity index (χ2v) is 6.24. The molecule has 6 heteroatoms. The Morgan fingerprint density at radius 2 is 2.08 bits per heavy atom. The van der Waals surface area contributed by atoms with E-state index < -0.39 is 0 Å². The summed E-state index contributed by atoms with van der Waals surface area (Å²) in [5.41, 5.74) is 3.35. The fourth-order valence-electron chi connectivity index (χ4n) is 3.30. The van der Waals surface area contributed by atoms with Crippen LogP contribution in [0.15, 0.2) is 48.5 Å². The van der Waals surface area contributed by atoms with Crippen molar-refractivity contribution >= 4 is 16.9 Å². The molecule has 0 spiro atoms. The number of fused-ring (bicyclic) bond motifs is 1. The second-order valence-electron chi connectivity index (χ2n) is 6.24. The van der Waals surface area contributed by atoms with E-state index in [1.54, 1.807) is 6.07 Å². The third-order valence-corrected chi connectivity index (χ3v) is 4.59. The molecule has 1 aliphatic heterocycles. The van der Waals surface area contributed by atoms with Crippen LogP contribution < -0.4 is 5.32 Å². The number of imidazole rings is 1. The highest BCUT2D eigenvalue weighted by Gasteiger charge is 2.25. The average Bonchev–Trinajstić information content (AvgIpc) is 3.10. The summed E-state index contributed by atoms with van der Waals surface area (Å²) < 4.78 is 0. The molecule has 1 amide bonds. The van der Waals surface area contributed by atoms with E-state index >= 15 is 0 Å². The number of aromatic nitrogens is 2. The molecule has 0 saturated carbocycles. The number of aliphatic hydroxyl groups excluding tert-OH is 1. The predicted molar refractivity (Wildman–Crippen MR) is 95.1 cm³/mol. The Balaban J connectivity index is 1.55. The van der Waals surface area contributed by atoms with Crippen molar-refractivity contribution in [3.05, 3.63) is 65.5 Å². The molecule has 1 aliphatic rings. The first-order valence-corrected chi connectivity index (χ1v) is 8.42. The number of nitrogens with zero attached hydrogens (tertiary/aromatic N) is 2. The third kappa shape index (κ3) is 3.14. The average molecular weight is 336 g/mol. The van der Waals surface area contributed by atoms with Crippen LogP contribution in [0.4, 0.5) is 0 Å². The number of nitrogens with one attached hydrogen (secondary N) is 2. The molecule has 2 aromatic carbocycles. The van der Waals surface area contributed by atoms with Crippen molar-refractivity contribution in [1.29, 1.82) is 0 Å². The minimum Gasteiger partial charge on any atom is -0.388 e. The number of aliphatic hydroxyl groups is 1. The van der Waals surface area contributed by atoms with Crippen LogP contribution in [-0.2, 0) is 6.61 Å². The summed E-state index contributed by atoms with van der Waals surface area (Å²) in [5.74, 6) is 0.524. The fourth-order valence-corrected chi connectivity index (χ4v) is 3.30. The van der Waals surface area contributed by atoms with Crippen molar-refractivity contribution in [2.75, 3.05) is 19.6 Å². The fraction of sp³-hybridized carbons (Fsp3) is 0.263. The quantitative estimate of drug-likeness (QED) is 0.682. The number of carbonyl (C=O) groups excluding carboxylic acids is 1. The smallest absolute Gasteiger partial charge is 0.254 e. The molecule has 128 valence electrons. The molecular formula is C19H20N4O2. The summed E-state index contributed by atoms with van der Waals surface area (Å²) in [7, 11) is 0. The van der Waals surface area contributed by atoms with Crippen LogP contribution in [0.3, 0.4) is 0 Å². The van der Waals surface area contributed by atoms with E-state index in [9.17, 15) is 9.90 Å². The monoisotopic (exact) mass is 336 g/mol. The van der Waals surface area contributed by atoms with Gasteiger partial charge in [-0.25, -0.2) is 4.98 Å². The molecule has 0 aliphatic carbocycles. The lowest BCUT2D eigenvalue weighted by Crippen LogP contribution is -2.48. The number of piperazine rings is 1. The zero-order valence-corrected chi connectivity index (χ0v) is 13.8. The molecule has 1 aromatic heterocycles. The zero-order valence-electron chi connectivity index (χ0n) is 13.8. The molecule has 6 nitrogen and oxygen atoms in total. The Kier molecular flexibility index (Phi) is 4.21. The van der Waals surface area contributed by atoms with Crippen LogP contribution in [0.2, 0.25) is 0 Å². The minimum atomic E-state index is -0.144. The molecule has 0 bridgehead atoms. The highest BCUT2D eigenvalue weighted by Crippen LogP contribution is 2.20. The molecule has 1 fully saturated rings. The van der Waals surface area contributed by atoms with Crippen molar-refractivity contribution in [1.82, 2.24) is 20.2 Å². The van der Waals surface area contributed by atoms with Gasteiger partial charge in [0, 0.05) is 31.2 Å². The van der Waals surface area contributed by atoms with E-state index in [0.29, 0.717) is 24.5 Å². The van der Waals surface area contributed by atoms with Crippen LogP contribution in [0.5, 0.6) is 0 Å². The van der Waals surface area contributed by atoms with Crippen LogP contribution in [0.25, 0.3) is 11.0 Å². The van der Waals surface area contributed by atoms with Gasteiger partial charge in [-0.05, 0) is 23.8 Å². The number of carbonyl (C=O) groups is 1. The SMILES string of the molecule is O=C(c1ccc2nc(CO)[nH]c2c1)N1CCNC(c2ccccc2)C1. The number of H-pyrrole nitrogens is 1. The molecule has 1 saturated heterocycles. The maximum Gasteiger partial charge on any atom is 0.254 e. The van der Waals surface area contributed by atoms with Crippen LogP contribution in [-0.4, -0.2) is 45.5 Å². The first kappa shape index (κ1) is 15.8. The molecule has 0 radical (unpaired) electrons. The van der Waals surface area contributed by atoms with Gasteiger partial charge in [0.2, 0.25) is 0 Å². The van der Waals surface area contributed by atoms with Crippen LogP contribution in [0.1, 0.15) is 27.8 Å². The van der Waals surface area contributed by atoms with Gasteiger partial charge in [-0.2, -0.15) is 0 Å². The molecule has 3 N–H and O–H groups in total. The van der Waals surface area contributed by atoms with Crippen molar-refractivity contribution in [3.63, 3.8) is 0 Å². The van der Waals surface area contributed by atoms with Crippen LogP contribution in [0, 0.1) is 0 Å². The summed E-state index contributed by atoms with van der Waals surface area (Å²) in [5, 5.41) is 12.7. The Morgan fingerprint density at radius 1 is 1.24 bits per heavy atom. The van der Waals surface area contributed by atoms with E-state index in [2.05, 4.69) is 27.4 Å². The van der Waals surface area contributed by atoms with Gasteiger partial charge in [-0.1, -0.05) is 30.3 Å². The molecule has 3 aromatic rings. The van der Waals surface area contributed by atoms with Gasteiger partial charge in [0.05, 0.1) is 11.0 Å². The van der Waals surface area contributed by atoms with E-state index in [4.69, 9.17) is 0 Å². The predicted octanol–water partition coefficient (Wildman–Crippen LogP) is 1.84. The summed E-state index contributed by atoms with van der Waals surface area (Å²) in [6.45, 7) is 1.96. The number of hydrogen-bond donors (Lipinski definition) is 3. The molecular weight excluding hydrogens is 316 g/mol. The Labute approximate surface area is 145 Å². The maximum absolute atomic E-state index is 12.9. The first-order valence-electron chi connectivity index (χ1n) is 8.42. The number of benzene rings is 2. The molecule has 2 heterocycles. The van der Waals surface area contributed by atoms with Crippen LogP contribution >= 0.6 is 0 Å². The Hall–Kier alpha value is -2.70. The van der Waals surface area contributed by atoms with Gasteiger partial charge in [-0.15, -0.1) is 0 Å². The molecule has 1 atom stereocenters. The highest BCUT2D eigenvalue weighted by atomic mass is 16.3. The van der Waals surface area contributed by atoms with Gasteiger partial charge in [0.1, 0.15) is 12.4 Å². The van der Waals surface area contributed by atoms with Crippen molar-refractivity contribution < 1.29 is 9.90 Å². The van der Waals surface area contributed by atoms with Gasteiger partial charge in [0.25, 0.3) is 5.91 Å². The molecule has 4 rings (SSSR count). The summed E-state index contributed by atoms with van der Waals surface area (Å²) >= 11 is 0. The molecule has 1 unspecified atom stereocenters. The largest absolute Gasteiger partial charge is 0.388 e. The third-order valence-electron chi connectivity index (χ3n) is 4.59. The van der Waals surface area contributed by atoms with E-state index in [1.165, 1.54) is 5.56 Å². The van der Waals surface area contributed by atoms with Crippen molar-refractivity contribution in [2.24, 2.45) is 0 Å². The second kappa shape index (κ2) is 6.66. The Morgan fingerprint density at radius 3 is 2.88 bits per heavy atom. The topological polar surface area (TPSA) is 81.2 Å². The number of hydrogen-bond acceptors (Lipinski definition) is 4. The summed E-state index contributed by atoms with van der Waals surface area (Å²) in [6.07, 6.45) is 0. The lowest BCUT2D eigenvalue weighted by molar-refractivity contribution is 0.0703. The number of rotatable bonds is 3. The van der Waals surface area contributed by atoms with E-state index in [-0.39, 0.29) is 18.6 Å². The number of aromatic amines is 1. The van der Waals surface area contributed by atoms with E-state index in [1.807, 2.05) is 35.2 Å². The van der Waals surface area contributed by atoms with Crippen molar-refractivity contribution in [2.45, 2.75) is 12.6 Å². The summed E-state index contributed by atoms with van der Waals surface area (Å²) in [6, 6.07) is 15.8. The Bertz CT molecular complexity index is 891. The highest BCUT2D eigenvalue weighted by molar-refractivity contribution is 5.97. The minimum absolute atomic E-state index is 0.0180. The maximum atomic E-state index is 12.9. The van der Waals surface area contributed by atoms with Crippen molar-refractivity contribution in [3.8, 4) is 0 Å². The number of amides is 1. The van der Waals surface area contributed by atoms with Gasteiger partial charge in [-0.3, -0.25) is 4.79 Å². The normalized spacial score (nSPS) is 17.8.